The van der Waals surface area contributed by atoms with Crippen LogP contribution in [0.25, 0.3) is 11.1 Å². The minimum absolute atomic E-state index is 0.318. The van der Waals surface area contributed by atoms with Crippen LogP contribution in [0.1, 0.15) is 52.9 Å². The van der Waals surface area contributed by atoms with Crippen molar-refractivity contribution >= 4 is 22.9 Å². The molecule has 0 aromatic carbocycles. The van der Waals surface area contributed by atoms with Gasteiger partial charge in [-0.15, -0.1) is 0 Å². The molecule has 2 aliphatic carbocycles. The van der Waals surface area contributed by atoms with Crippen molar-refractivity contribution in [3.05, 3.63) is 59.2 Å². The number of carbonyl (C=O) groups excluding carboxylic acids is 1. The highest BCUT2D eigenvalue weighted by atomic mass is 19.3. The largest absolute Gasteiger partial charge is 0.357 e. The Morgan fingerprint density at radius 3 is 2.90 bits per heavy atom. The average Bonchev–Trinajstić information content (AvgIpc) is 3.04. The Kier molecular flexibility index (Phi) is 4.68. The van der Waals surface area contributed by atoms with Crippen molar-refractivity contribution in [2.75, 3.05) is 12.4 Å². The number of anilines is 1. The van der Waals surface area contributed by atoms with E-state index in [-0.39, 0.29) is 18.7 Å². The summed E-state index contributed by atoms with van der Waals surface area (Å²) < 4.78 is 27.8. The van der Waals surface area contributed by atoms with E-state index in [2.05, 4.69) is 31.8 Å². The molecular formula is C22H22F2N6O. The van der Waals surface area contributed by atoms with Crippen molar-refractivity contribution in [2.24, 2.45) is 0 Å². The number of pyridine rings is 1. The molecule has 3 aromatic rings. The van der Waals surface area contributed by atoms with Gasteiger partial charge in [0.1, 0.15) is 0 Å². The van der Waals surface area contributed by atoms with Gasteiger partial charge in [-0.2, -0.15) is 5.10 Å². The molecular weight excluding hydrogens is 402 g/mol. The second-order valence-electron chi connectivity index (χ2n) is 8.05. The summed E-state index contributed by atoms with van der Waals surface area (Å²) >= 11 is 0. The zero-order chi connectivity index (χ0) is 21.6. The van der Waals surface area contributed by atoms with E-state index >= 15 is 0 Å². The van der Waals surface area contributed by atoms with Crippen LogP contribution < -0.4 is 10.6 Å². The van der Waals surface area contributed by atoms with Crippen LogP contribution in [0.15, 0.2) is 36.8 Å². The summed E-state index contributed by atoms with van der Waals surface area (Å²) in [5.41, 5.74) is 4.90. The molecule has 0 unspecified atom stereocenters. The molecule has 3 aromatic heterocycles. The SMILES string of the molecule is CNc1ncc2c(n1)CCCC=C2c1ccn2ncc(C(=O)NC3CC(F)(F)C3)c2c1. The van der Waals surface area contributed by atoms with E-state index in [4.69, 9.17) is 0 Å². The third-order valence-electron chi connectivity index (χ3n) is 5.85. The number of nitrogens with one attached hydrogen (secondary N) is 2. The Hall–Kier alpha value is -3.36. The Balaban J connectivity index is 1.49. The maximum Gasteiger partial charge on any atom is 0.255 e. The number of carbonyl (C=O) groups is 1. The fourth-order valence-corrected chi connectivity index (χ4v) is 4.20. The quantitative estimate of drug-likeness (QED) is 0.670. The zero-order valence-electron chi connectivity index (χ0n) is 17.0. The van der Waals surface area contributed by atoms with Gasteiger partial charge in [-0.1, -0.05) is 6.08 Å². The van der Waals surface area contributed by atoms with Crippen molar-refractivity contribution in [2.45, 2.75) is 44.1 Å². The third kappa shape index (κ3) is 3.64. The number of nitrogens with zero attached hydrogens (tertiary/aromatic N) is 4. The van der Waals surface area contributed by atoms with Crippen LogP contribution >= 0.6 is 0 Å². The lowest BCUT2D eigenvalue weighted by Gasteiger charge is -2.35. The van der Waals surface area contributed by atoms with E-state index in [1.165, 1.54) is 6.20 Å². The molecule has 0 bridgehead atoms. The third-order valence-corrected chi connectivity index (χ3v) is 5.85. The van der Waals surface area contributed by atoms with Crippen LogP contribution in [0.2, 0.25) is 0 Å². The highest BCUT2D eigenvalue weighted by molar-refractivity contribution is 6.01. The summed E-state index contributed by atoms with van der Waals surface area (Å²) in [7, 11) is 1.79. The molecule has 7 nitrogen and oxygen atoms in total. The predicted octanol–water partition coefficient (Wildman–Crippen LogP) is 3.46. The number of halogens is 2. The standard InChI is InChI=1S/C22H22F2N6O/c1-25-21-26-11-16-15(4-2-3-5-18(16)29-21)13-6-7-30-19(8-13)17(12-27-30)20(31)28-14-9-22(23,24)10-14/h4,6-8,11-12,14H,2-3,5,9-10H2,1H3,(H,28,31)(H,25,26,29). The molecule has 2 aliphatic rings. The molecule has 0 atom stereocenters. The summed E-state index contributed by atoms with van der Waals surface area (Å²) in [6.45, 7) is 0. The van der Waals surface area contributed by atoms with Crippen LogP contribution in [-0.4, -0.2) is 44.5 Å². The maximum absolute atomic E-state index is 13.1. The molecule has 2 N–H and O–H groups in total. The zero-order valence-corrected chi connectivity index (χ0v) is 17.0. The summed E-state index contributed by atoms with van der Waals surface area (Å²) in [6, 6.07) is 3.35. The van der Waals surface area contributed by atoms with Crippen LogP contribution in [0.4, 0.5) is 14.7 Å². The number of aryl methyl sites for hydroxylation is 1. The van der Waals surface area contributed by atoms with Gasteiger partial charge in [0, 0.05) is 43.9 Å². The lowest BCUT2D eigenvalue weighted by Crippen LogP contribution is -2.50. The average molecular weight is 424 g/mol. The molecule has 160 valence electrons. The summed E-state index contributed by atoms with van der Waals surface area (Å²) in [6.07, 6.45) is 9.41. The second kappa shape index (κ2) is 7.40. The van der Waals surface area contributed by atoms with Gasteiger partial charge >= 0.3 is 0 Å². The van der Waals surface area contributed by atoms with Crippen molar-refractivity contribution in [1.82, 2.24) is 24.9 Å². The molecule has 0 saturated heterocycles. The van der Waals surface area contributed by atoms with Gasteiger partial charge < -0.3 is 10.6 Å². The molecule has 5 rings (SSSR count). The number of hydrogen-bond acceptors (Lipinski definition) is 5. The Labute approximate surface area is 177 Å². The van der Waals surface area contributed by atoms with Gasteiger partial charge in [0.15, 0.2) is 0 Å². The van der Waals surface area contributed by atoms with Crippen LogP contribution in [0.5, 0.6) is 0 Å². The van der Waals surface area contributed by atoms with Crippen molar-refractivity contribution in [3.63, 3.8) is 0 Å². The summed E-state index contributed by atoms with van der Waals surface area (Å²) in [4.78, 5) is 21.7. The predicted molar refractivity (Wildman–Crippen MR) is 112 cm³/mol. The molecule has 1 fully saturated rings. The van der Waals surface area contributed by atoms with Crippen molar-refractivity contribution < 1.29 is 13.6 Å². The molecule has 0 radical (unpaired) electrons. The fourth-order valence-electron chi connectivity index (χ4n) is 4.20. The van der Waals surface area contributed by atoms with Gasteiger partial charge in [-0.3, -0.25) is 4.79 Å². The Morgan fingerprint density at radius 1 is 1.29 bits per heavy atom. The molecule has 3 heterocycles. The highest BCUT2D eigenvalue weighted by Crippen LogP contribution is 2.37. The monoisotopic (exact) mass is 424 g/mol. The molecule has 0 aliphatic heterocycles. The van der Waals surface area contributed by atoms with E-state index in [1.54, 1.807) is 17.8 Å². The van der Waals surface area contributed by atoms with Gasteiger partial charge in [0.25, 0.3) is 11.8 Å². The fraction of sp³-hybridized carbons (Fsp3) is 0.364. The second-order valence-corrected chi connectivity index (χ2v) is 8.05. The van der Waals surface area contributed by atoms with E-state index in [9.17, 15) is 13.6 Å². The molecule has 9 heteroatoms. The lowest BCUT2D eigenvalue weighted by atomic mass is 9.88. The number of rotatable bonds is 4. The first kappa shape index (κ1) is 19.6. The van der Waals surface area contributed by atoms with E-state index in [0.717, 1.165) is 41.7 Å². The van der Waals surface area contributed by atoms with Crippen LogP contribution in [0.3, 0.4) is 0 Å². The van der Waals surface area contributed by atoms with E-state index < -0.39 is 12.0 Å². The molecule has 1 amide bonds. The number of alkyl halides is 2. The van der Waals surface area contributed by atoms with Gasteiger partial charge in [-0.05, 0) is 42.5 Å². The number of amides is 1. The topological polar surface area (TPSA) is 84.2 Å². The summed E-state index contributed by atoms with van der Waals surface area (Å²) in [5.74, 6) is -2.47. The van der Waals surface area contributed by atoms with Gasteiger partial charge in [0.2, 0.25) is 5.95 Å². The highest BCUT2D eigenvalue weighted by Gasteiger charge is 2.46. The Morgan fingerprint density at radius 2 is 2.13 bits per heavy atom. The number of allylic oxidation sites excluding steroid dienone is 1. The van der Waals surface area contributed by atoms with Crippen LogP contribution in [0, 0.1) is 0 Å². The normalized spacial score (nSPS) is 18.0. The smallest absolute Gasteiger partial charge is 0.255 e. The first-order valence-corrected chi connectivity index (χ1v) is 10.3. The van der Waals surface area contributed by atoms with Crippen LogP contribution in [-0.2, 0) is 6.42 Å². The summed E-state index contributed by atoms with van der Waals surface area (Å²) in [5, 5.41) is 9.91. The lowest BCUT2D eigenvalue weighted by molar-refractivity contribution is -0.0901. The molecule has 0 spiro atoms. The van der Waals surface area contributed by atoms with Crippen molar-refractivity contribution in [3.8, 4) is 0 Å². The molecule has 31 heavy (non-hydrogen) atoms. The minimum Gasteiger partial charge on any atom is -0.357 e. The number of hydrogen-bond donors (Lipinski definition) is 2. The number of aromatic nitrogens is 4. The first-order chi connectivity index (χ1) is 14.9. The molecule has 1 saturated carbocycles. The maximum atomic E-state index is 13.1. The van der Waals surface area contributed by atoms with Gasteiger partial charge in [-0.25, -0.2) is 23.3 Å². The van der Waals surface area contributed by atoms with Crippen molar-refractivity contribution in [1.29, 1.82) is 0 Å². The van der Waals surface area contributed by atoms with E-state index in [0.29, 0.717) is 17.0 Å². The van der Waals surface area contributed by atoms with Gasteiger partial charge in [0.05, 0.1) is 23.0 Å². The minimum atomic E-state index is -2.68. The Bertz CT molecular complexity index is 1190. The number of fused-ring (bicyclic) bond motifs is 2. The first-order valence-electron chi connectivity index (χ1n) is 10.3. The van der Waals surface area contributed by atoms with E-state index in [1.807, 2.05) is 18.3 Å².